The van der Waals surface area contributed by atoms with Crippen LogP contribution in [0.1, 0.15) is 47.8 Å². The van der Waals surface area contributed by atoms with E-state index in [0.717, 1.165) is 53.1 Å². The zero-order valence-corrected chi connectivity index (χ0v) is 22.4. The first kappa shape index (κ1) is 25.9. The van der Waals surface area contributed by atoms with E-state index in [1.807, 2.05) is 68.4 Å². The molecule has 0 radical (unpaired) electrons. The molecule has 2 heterocycles. The summed E-state index contributed by atoms with van der Waals surface area (Å²) >= 11 is 1.20. The van der Waals surface area contributed by atoms with Gasteiger partial charge in [-0.25, -0.2) is 15.0 Å². The molecule has 0 saturated heterocycles. The Balaban J connectivity index is 1.31. The SMILES string of the molecule is Cc1cc(C)nc(SCC(=O)OCC(=O)N2N=C3/C(=C/c4ccccc4)CCC[C@H]3[C@H]2c2ccccc2)n1. The number of aryl methyl sites for hydroxylation is 2. The van der Waals surface area contributed by atoms with Crippen LogP contribution in [0.4, 0.5) is 0 Å². The van der Waals surface area contributed by atoms with E-state index < -0.39 is 5.97 Å². The third-order valence-corrected chi connectivity index (χ3v) is 7.50. The van der Waals surface area contributed by atoms with E-state index in [1.165, 1.54) is 16.8 Å². The molecule has 0 bridgehead atoms. The molecule has 1 aromatic heterocycles. The van der Waals surface area contributed by atoms with Crippen molar-refractivity contribution in [3.8, 4) is 0 Å². The maximum Gasteiger partial charge on any atom is 0.316 e. The van der Waals surface area contributed by atoms with Crippen molar-refractivity contribution in [2.45, 2.75) is 44.3 Å². The van der Waals surface area contributed by atoms with E-state index in [2.05, 4.69) is 28.2 Å². The second kappa shape index (κ2) is 11.7. The second-order valence-corrected chi connectivity index (χ2v) is 10.5. The first-order valence-electron chi connectivity index (χ1n) is 12.8. The number of esters is 1. The lowest BCUT2D eigenvalue weighted by molar-refractivity contribution is -0.151. The van der Waals surface area contributed by atoms with Gasteiger partial charge in [-0.15, -0.1) is 0 Å². The van der Waals surface area contributed by atoms with Gasteiger partial charge in [0.1, 0.15) is 0 Å². The third kappa shape index (κ3) is 6.02. The van der Waals surface area contributed by atoms with Crippen molar-refractivity contribution in [1.29, 1.82) is 0 Å². The highest BCUT2D eigenvalue weighted by atomic mass is 32.2. The third-order valence-electron chi connectivity index (χ3n) is 6.68. The Labute approximate surface area is 227 Å². The average Bonchev–Trinajstić information content (AvgIpc) is 3.32. The molecule has 0 spiro atoms. The molecule has 1 aliphatic heterocycles. The molecule has 3 aromatic rings. The fourth-order valence-electron chi connectivity index (χ4n) is 5.07. The van der Waals surface area contributed by atoms with Crippen molar-refractivity contribution < 1.29 is 14.3 Å². The van der Waals surface area contributed by atoms with Crippen LogP contribution in [0.5, 0.6) is 0 Å². The number of rotatable bonds is 7. The van der Waals surface area contributed by atoms with Gasteiger partial charge in [0.05, 0.1) is 17.5 Å². The standard InChI is InChI=1S/C30H30N4O3S/c1-20-16-21(2)32-30(31-20)38-19-27(36)37-18-26(35)34-29(23-12-7-4-8-13-23)25-15-9-14-24(28(25)33-34)17-22-10-5-3-6-11-22/h3-8,10-13,16-17,25,29H,9,14-15,18-19H2,1-2H3/b24-17+/t25-,29-/m1/s1. The van der Waals surface area contributed by atoms with Gasteiger partial charge in [-0.05, 0) is 62.0 Å². The highest BCUT2D eigenvalue weighted by Gasteiger charge is 2.43. The van der Waals surface area contributed by atoms with Crippen molar-refractivity contribution in [3.05, 3.63) is 94.8 Å². The van der Waals surface area contributed by atoms with Gasteiger partial charge in [0.15, 0.2) is 11.8 Å². The van der Waals surface area contributed by atoms with Crippen molar-refractivity contribution in [2.75, 3.05) is 12.4 Å². The fourth-order valence-corrected chi connectivity index (χ4v) is 5.82. The molecule has 1 fully saturated rings. The number of carbonyl (C=O) groups excluding carboxylic acids is 2. The van der Waals surface area contributed by atoms with Gasteiger partial charge in [-0.3, -0.25) is 9.59 Å². The van der Waals surface area contributed by atoms with Crippen molar-refractivity contribution in [2.24, 2.45) is 11.0 Å². The predicted octanol–water partition coefficient (Wildman–Crippen LogP) is 5.55. The number of aromatic nitrogens is 2. The molecule has 1 aliphatic carbocycles. The molecule has 2 aromatic carbocycles. The number of hydrazone groups is 1. The molecule has 0 unspecified atom stereocenters. The quantitative estimate of drug-likeness (QED) is 0.228. The summed E-state index contributed by atoms with van der Waals surface area (Å²) in [7, 11) is 0. The number of carbonyl (C=O) groups is 2. The highest BCUT2D eigenvalue weighted by molar-refractivity contribution is 7.99. The Kier molecular flexibility index (Phi) is 7.98. The van der Waals surface area contributed by atoms with Crippen LogP contribution in [0.2, 0.25) is 0 Å². The van der Waals surface area contributed by atoms with E-state index in [4.69, 9.17) is 9.84 Å². The number of hydrogen-bond acceptors (Lipinski definition) is 7. The van der Waals surface area contributed by atoms with Crippen LogP contribution in [0.25, 0.3) is 6.08 Å². The molecule has 0 N–H and O–H groups in total. The number of amides is 1. The topological polar surface area (TPSA) is 84.8 Å². The molecule has 5 rings (SSSR count). The van der Waals surface area contributed by atoms with Gasteiger partial charge < -0.3 is 4.74 Å². The second-order valence-electron chi connectivity index (χ2n) is 9.54. The number of nitrogens with zero attached hydrogens (tertiary/aromatic N) is 4. The van der Waals surface area contributed by atoms with Crippen LogP contribution in [0.3, 0.4) is 0 Å². The Bertz CT molecular complexity index is 1350. The van der Waals surface area contributed by atoms with Crippen molar-refractivity contribution >= 4 is 35.4 Å². The minimum absolute atomic E-state index is 0.0272. The van der Waals surface area contributed by atoms with Gasteiger partial charge >= 0.3 is 5.97 Å². The lowest BCUT2D eigenvalue weighted by Gasteiger charge is -2.29. The van der Waals surface area contributed by atoms with Gasteiger partial charge in [0.25, 0.3) is 5.91 Å². The maximum absolute atomic E-state index is 13.4. The first-order valence-corrected chi connectivity index (χ1v) is 13.8. The van der Waals surface area contributed by atoms with Crippen LogP contribution in [0, 0.1) is 19.8 Å². The smallest absolute Gasteiger partial charge is 0.316 e. The number of thioether (sulfide) groups is 1. The van der Waals surface area contributed by atoms with E-state index >= 15 is 0 Å². The molecule has 38 heavy (non-hydrogen) atoms. The molecule has 194 valence electrons. The highest BCUT2D eigenvalue weighted by Crippen LogP contribution is 2.44. The van der Waals surface area contributed by atoms with Crippen LogP contribution in [0.15, 0.2) is 82.6 Å². The van der Waals surface area contributed by atoms with Crippen LogP contribution < -0.4 is 0 Å². The minimum Gasteiger partial charge on any atom is -0.455 e. The summed E-state index contributed by atoms with van der Waals surface area (Å²) in [6.07, 6.45) is 5.06. The number of ether oxygens (including phenoxy) is 1. The van der Waals surface area contributed by atoms with Gasteiger partial charge in [-0.2, -0.15) is 5.10 Å². The first-order chi connectivity index (χ1) is 18.5. The van der Waals surface area contributed by atoms with Crippen molar-refractivity contribution in [1.82, 2.24) is 15.0 Å². The molecular formula is C30H30N4O3S. The molecule has 2 aliphatic rings. The van der Waals surface area contributed by atoms with Crippen LogP contribution in [-0.2, 0) is 14.3 Å². The number of hydrogen-bond donors (Lipinski definition) is 0. The number of benzene rings is 2. The molecular weight excluding hydrogens is 496 g/mol. The maximum atomic E-state index is 13.4. The number of fused-ring (bicyclic) bond motifs is 1. The fraction of sp³-hybridized carbons (Fsp3) is 0.300. The summed E-state index contributed by atoms with van der Waals surface area (Å²) < 4.78 is 5.37. The summed E-state index contributed by atoms with van der Waals surface area (Å²) in [6.45, 7) is 3.40. The lowest BCUT2D eigenvalue weighted by Crippen LogP contribution is -2.34. The van der Waals surface area contributed by atoms with Crippen LogP contribution in [-0.4, -0.2) is 44.9 Å². The van der Waals surface area contributed by atoms with Crippen molar-refractivity contribution in [3.63, 3.8) is 0 Å². The van der Waals surface area contributed by atoms with E-state index in [0.29, 0.717) is 5.16 Å². The Morgan fingerprint density at radius 2 is 1.71 bits per heavy atom. The molecule has 1 saturated carbocycles. The molecule has 1 amide bonds. The summed E-state index contributed by atoms with van der Waals surface area (Å²) in [6, 6.07) is 21.8. The Morgan fingerprint density at radius 3 is 2.42 bits per heavy atom. The molecule has 2 atom stereocenters. The Hall–Kier alpha value is -3.78. The molecule has 7 nitrogen and oxygen atoms in total. The van der Waals surface area contributed by atoms with E-state index in [9.17, 15) is 9.59 Å². The zero-order valence-electron chi connectivity index (χ0n) is 21.5. The average molecular weight is 527 g/mol. The zero-order chi connectivity index (χ0) is 26.5. The number of allylic oxidation sites excluding steroid dienone is 1. The monoisotopic (exact) mass is 526 g/mol. The summed E-state index contributed by atoms with van der Waals surface area (Å²) in [5.74, 6) is -0.700. The molecule has 8 heteroatoms. The normalized spacial score (nSPS) is 19.7. The summed E-state index contributed by atoms with van der Waals surface area (Å²) in [4.78, 5) is 34.5. The predicted molar refractivity (Wildman–Crippen MR) is 148 cm³/mol. The van der Waals surface area contributed by atoms with Crippen LogP contribution >= 0.6 is 11.8 Å². The van der Waals surface area contributed by atoms with Gasteiger partial charge in [-0.1, -0.05) is 72.4 Å². The lowest BCUT2D eigenvalue weighted by atomic mass is 9.77. The van der Waals surface area contributed by atoms with Gasteiger partial charge in [0, 0.05) is 17.3 Å². The Morgan fingerprint density at radius 1 is 1.03 bits per heavy atom. The van der Waals surface area contributed by atoms with E-state index in [1.54, 1.807) is 0 Å². The summed E-state index contributed by atoms with van der Waals surface area (Å²) in [5.41, 5.74) is 5.93. The van der Waals surface area contributed by atoms with Gasteiger partial charge in [0.2, 0.25) is 0 Å². The minimum atomic E-state index is -0.490. The van der Waals surface area contributed by atoms with E-state index in [-0.39, 0.29) is 30.2 Å². The largest absolute Gasteiger partial charge is 0.455 e. The summed E-state index contributed by atoms with van der Waals surface area (Å²) in [5, 5.41) is 6.90.